The highest BCUT2D eigenvalue weighted by Crippen LogP contribution is 2.05. The van der Waals surface area contributed by atoms with E-state index in [9.17, 15) is 0 Å². The molecule has 0 aliphatic heterocycles. The Hall–Kier alpha value is -0.940. The molecule has 0 bridgehead atoms. The molecule has 0 aliphatic rings. The summed E-state index contributed by atoms with van der Waals surface area (Å²) in [5, 5.41) is 7.28. The molecule has 0 spiro atoms. The summed E-state index contributed by atoms with van der Waals surface area (Å²) in [6.45, 7) is 7.72. The molecule has 1 rings (SSSR count). The van der Waals surface area contributed by atoms with Crippen molar-refractivity contribution in [2.75, 3.05) is 26.2 Å². The molecule has 0 saturated carbocycles. The van der Waals surface area contributed by atoms with Crippen LogP contribution >= 0.6 is 11.6 Å². The lowest BCUT2D eigenvalue weighted by Gasteiger charge is -2.17. The molecular formula is C9H15ClN4O. The minimum atomic E-state index is 0.107. The molecule has 0 atom stereocenters. The van der Waals surface area contributed by atoms with Crippen LogP contribution in [0.4, 0.5) is 0 Å². The van der Waals surface area contributed by atoms with E-state index in [1.165, 1.54) is 6.20 Å². The Kier molecular flexibility index (Phi) is 5.28. The fourth-order valence-corrected chi connectivity index (χ4v) is 1.28. The molecule has 5 nitrogen and oxygen atoms in total. The molecule has 15 heavy (non-hydrogen) atoms. The van der Waals surface area contributed by atoms with E-state index in [-0.39, 0.29) is 5.28 Å². The van der Waals surface area contributed by atoms with Crippen molar-refractivity contribution in [1.82, 2.24) is 20.1 Å². The van der Waals surface area contributed by atoms with E-state index < -0.39 is 0 Å². The van der Waals surface area contributed by atoms with Gasteiger partial charge in [0.15, 0.2) is 0 Å². The van der Waals surface area contributed by atoms with Gasteiger partial charge < -0.3 is 9.64 Å². The maximum Gasteiger partial charge on any atom is 0.246 e. The van der Waals surface area contributed by atoms with Gasteiger partial charge in [-0.15, -0.1) is 5.10 Å². The van der Waals surface area contributed by atoms with Crippen LogP contribution in [0.2, 0.25) is 5.28 Å². The number of rotatable bonds is 6. The topological polar surface area (TPSA) is 51.1 Å². The summed E-state index contributed by atoms with van der Waals surface area (Å²) < 4.78 is 5.38. The Morgan fingerprint density at radius 3 is 2.73 bits per heavy atom. The van der Waals surface area contributed by atoms with E-state index in [0.717, 1.165) is 19.6 Å². The van der Waals surface area contributed by atoms with Crippen molar-refractivity contribution in [2.45, 2.75) is 13.8 Å². The Balaban J connectivity index is 2.31. The van der Waals surface area contributed by atoms with Crippen LogP contribution in [0.5, 0.6) is 5.88 Å². The van der Waals surface area contributed by atoms with E-state index >= 15 is 0 Å². The van der Waals surface area contributed by atoms with E-state index in [1.54, 1.807) is 0 Å². The highest BCUT2D eigenvalue weighted by Gasteiger charge is 2.01. The van der Waals surface area contributed by atoms with Gasteiger partial charge in [0.25, 0.3) is 0 Å². The van der Waals surface area contributed by atoms with Crippen molar-refractivity contribution in [3.63, 3.8) is 0 Å². The SMILES string of the molecule is CCN(CC)CCOc1cnnc(Cl)n1. The molecule has 6 heteroatoms. The molecule has 0 N–H and O–H groups in total. The molecule has 0 aliphatic carbocycles. The third-order valence-corrected chi connectivity index (χ3v) is 2.22. The predicted molar refractivity (Wildman–Crippen MR) is 58.1 cm³/mol. The molecule has 0 unspecified atom stereocenters. The van der Waals surface area contributed by atoms with Crippen molar-refractivity contribution in [3.05, 3.63) is 11.5 Å². The second kappa shape index (κ2) is 6.53. The maximum absolute atomic E-state index is 5.57. The van der Waals surface area contributed by atoms with E-state index in [0.29, 0.717) is 12.5 Å². The normalized spacial score (nSPS) is 10.7. The summed E-state index contributed by atoms with van der Waals surface area (Å²) in [6, 6.07) is 0. The first-order valence-corrected chi connectivity index (χ1v) is 5.34. The van der Waals surface area contributed by atoms with Gasteiger partial charge in [0.2, 0.25) is 11.2 Å². The second-order valence-corrected chi connectivity index (χ2v) is 3.28. The highest BCUT2D eigenvalue weighted by molar-refractivity contribution is 6.28. The van der Waals surface area contributed by atoms with Gasteiger partial charge >= 0.3 is 0 Å². The quantitative estimate of drug-likeness (QED) is 0.736. The molecule has 1 aromatic heterocycles. The van der Waals surface area contributed by atoms with Crippen LogP contribution in [0.15, 0.2) is 6.20 Å². The monoisotopic (exact) mass is 230 g/mol. The Labute approximate surface area is 94.4 Å². The Morgan fingerprint density at radius 1 is 1.40 bits per heavy atom. The first kappa shape index (κ1) is 12.1. The van der Waals surface area contributed by atoms with E-state index in [4.69, 9.17) is 16.3 Å². The van der Waals surface area contributed by atoms with Crippen molar-refractivity contribution in [1.29, 1.82) is 0 Å². The van der Waals surface area contributed by atoms with Crippen LogP contribution in [-0.2, 0) is 0 Å². The predicted octanol–water partition coefficient (Wildman–Crippen LogP) is 1.25. The van der Waals surface area contributed by atoms with Crippen molar-refractivity contribution >= 4 is 11.6 Å². The summed E-state index contributed by atoms with van der Waals surface area (Å²) in [6.07, 6.45) is 1.45. The van der Waals surface area contributed by atoms with Gasteiger partial charge in [-0.05, 0) is 24.7 Å². The molecule has 0 radical (unpaired) electrons. The highest BCUT2D eigenvalue weighted by atomic mass is 35.5. The molecule has 84 valence electrons. The molecule has 0 aromatic carbocycles. The zero-order valence-corrected chi connectivity index (χ0v) is 9.74. The lowest BCUT2D eigenvalue weighted by molar-refractivity contribution is 0.217. The molecule has 1 heterocycles. The first-order chi connectivity index (χ1) is 7.26. The number of ether oxygens (including phenoxy) is 1. The zero-order valence-electron chi connectivity index (χ0n) is 8.98. The number of likely N-dealkylation sites (N-methyl/N-ethyl adjacent to an activating group) is 1. The largest absolute Gasteiger partial charge is 0.475 e. The molecule has 1 aromatic rings. The van der Waals surface area contributed by atoms with Crippen LogP contribution in [0.1, 0.15) is 13.8 Å². The van der Waals surface area contributed by atoms with Gasteiger partial charge in [-0.2, -0.15) is 10.1 Å². The van der Waals surface area contributed by atoms with Crippen LogP contribution in [-0.4, -0.2) is 46.3 Å². The Bertz CT molecular complexity index is 293. The van der Waals surface area contributed by atoms with Crippen LogP contribution in [0.3, 0.4) is 0 Å². The van der Waals surface area contributed by atoms with Crippen molar-refractivity contribution in [2.24, 2.45) is 0 Å². The third kappa shape index (κ3) is 4.40. The standard InChI is InChI=1S/C9H15ClN4O/c1-3-14(4-2)5-6-15-8-7-11-13-9(10)12-8/h7H,3-6H2,1-2H3. The summed E-state index contributed by atoms with van der Waals surface area (Å²) in [7, 11) is 0. The number of hydrogen-bond donors (Lipinski definition) is 0. The van der Waals surface area contributed by atoms with Crippen LogP contribution in [0, 0.1) is 0 Å². The summed E-state index contributed by atoms with van der Waals surface area (Å²) >= 11 is 5.57. The fourth-order valence-electron chi connectivity index (χ4n) is 1.16. The average Bonchev–Trinajstić information content (AvgIpc) is 2.25. The second-order valence-electron chi connectivity index (χ2n) is 2.94. The number of halogens is 1. The third-order valence-electron chi connectivity index (χ3n) is 2.06. The number of nitrogens with zero attached hydrogens (tertiary/aromatic N) is 4. The maximum atomic E-state index is 5.57. The summed E-state index contributed by atoms with van der Waals surface area (Å²) in [5.74, 6) is 0.419. The first-order valence-electron chi connectivity index (χ1n) is 4.96. The van der Waals surface area contributed by atoms with Crippen molar-refractivity contribution in [3.8, 4) is 5.88 Å². The zero-order chi connectivity index (χ0) is 11.1. The van der Waals surface area contributed by atoms with Gasteiger partial charge in [-0.25, -0.2) is 0 Å². The minimum absolute atomic E-state index is 0.107. The number of aromatic nitrogens is 3. The van der Waals surface area contributed by atoms with Crippen molar-refractivity contribution < 1.29 is 4.74 Å². The Morgan fingerprint density at radius 2 is 2.13 bits per heavy atom. The summed E-state index contributed by atoms with van der Waals surface area (Å²) in [5.41, 5.74) is 0. The van der Waals surface area contributed by atoms with Gasteiger partial charge in [-0.1, -0.05) is 13.8 Å². The summed E-state index contributed by atoms with van der Waals surface area (Å²) in [4.78, 5) is 6.13. The van der Waals surface area contributed by atoms with Gasteiger partial charge in [0.1, 0.15) is 12.8 Å². The van der Waals surface area contributed by atoms with Gasteiger partial charge in [0, 0.05) is 6.54 Å². The minimum Gasteiger partial charge on any atom is -0.475 e. The fraction of sp³-hybridized carbons (Fsp3) is 0.667. The average molecular weight is 231 g/mol. The van der Waals surface area contributed by atoms with Crippen LogP contribution in [0.25, 0.3) is 0 Å². The molecular weight excluding hydrogens is 216 g/mol. The molecule has 0 amide bonds. The van der Waals surface area contributed by atoms with E-state index in [2.05, 4.69) is 33.9 Å². The molecule has 0 saturated heterocycles. The smallest absolute Gasteiger partial charge is 0.246 e. The lowest BCUT2D eigenvalue weighted by atomic mass is 10.5. The van der Waals surface area contributed by atoms with Gasteiger partial charge in [-0.3, -0.25) is 0 Å². The van der Waals surface area contributed by atoms with Crippen LogP contribution < -0.4 is 4.74 Å². The van der Waals surface area contributed by atoms with E-state index in [1.807, 2.05) is 0 Å². The van der Waals surface area contributed by atoms with Gasteiger partial charge in [0.05, 0.1) is 0 Å². The number of hydrogen-bond acceptors (Lipinski definition) is 5. The lowest BCUT2D eigenvalue weighted by Crippen LogP contribution is -2.28. The molecule has 0 fully saturated rings.